The van der Waals surface area contributed by atoms with Crippen molar-refractivity contribution in [2.24, 2.45) is 0 Å². The molecule has 141 valence electrons. The topological polar surface area (TPSA) is 0 Å². The zero-order valence-corrected chi connectivity index (χ0v) is 21.4. The van der Waals surface area contributed by atoms with Gasteiger partial charge in [0.1, 0.15) is 0 Å². The SMILES string of the molecule is CCCC1=[C]([Zr+2]([CH]2c3ccccc3-c3ccccc32)[SiH](C)C)CC=C1.[Cl-].[Cl-]. The minimum absolute atomic E-state index is 0. The Morgan fingerprint density at radius 3 is 2.00 bits per heavy atom. The number of allylic oxidation sites excluding steroid dienone is 4. The molecule has 0 unspecified atom stereocenters. The normalized spacial score (nSPS) is 14.7. The van der Waals surface area contributed by atoms with Crippen LogP contribution in [0.4, 0.5) is 0 Å². The second-order valence-electron chi connectivity index (χ2n) is 7.58. The summed E-state index contributed by atoms with van der Waals surface area (Å²) >= 11 is -1.74. The van der Waals surface area contributed by atoms with Gasteiger partial charge in [0, 0.05) is 0 Å². The van der Waals surface area contributed by atoms with Crippen LogP contribution in [0.3, 0.4) is 0 Å². The third-order valence-electron chi connectivity index (χ3n) is 5.66. The van der Waals surface area contributed by atoms with Crippen molar-refractivity contribution in [1.29, 1.82) is 0 Å². The third-order valence-corrected chi connectivity index (χ3v) is 26.2. The second kappa shape index (κ2) is 9.88. The summed E-state index contributed by atoms with van der Waals surface area (Å²) in [4.78, 5) is 0. The minimum Gasteiger partial charge on any atom is -1.00 e. The van der Waals surface area contributed by atoms with Crippen molar-refractivity contribution in [3.05, 3.63) is 80.7 Å². The van der Waals surface area contributed by atoms with E-state index in [0.717, 1.165) is 3.63 Å². The molecule has 0 fully saturated rings. The Morgan fingerprint density at radius 1 is 0.926 bits per heavy atom. The van der Waals surface area contributed by atoms with E-state index < -0.39 is 26.8 Å². The van der Waals surface area contributed by atoms with E-state index in [-0.39, 0.29) is 24.8 Å². The fourth-order valence-electron chi connectivity index (χ4n) is 4.70. The molecule has 0 aliphatic heterocycles. The van der Waals surface area contributed by atoms with Gasteiger partial charge in [0.25, 0.3) is 0 Å². The minimum atomic E-state index is -1.74. The first-order valence-corrected chi connectivity index (χ1v) is 19.5. The van der Waals surface area contributed by atoms with Crippen molar-refractivity contribution in [1.82, 2.24) is 0 Å². The largest absolute Gasteiger partial charge is 1.00 e. The molecule has 0 saturated carbocycles. The second-order valence-corrected chi connectivity index (χ2v) is 27.2. The summed E-state index contributed by atoms with van der Waals surface area (Å²) in [5.74, 6) is -0.674. The van der Waals surface area contributed by atoms with Crippen molar-refractivity contribution in [2.45, 2.75) is 42.9 Å². The molecule has 27 heavy (non-hydrogen) atoms. The smallest absolute Gasteiger partial charge is 1.00 e. The van der Waals surface area contributed by atoms with Gasteiger partial charge < -0.3 is 24.8 Å². The fraction of sp³-hybridized carbons (Fsp3) is 0.304. The number of halogens is 2. The summed E-state index contributed by atoms with van der Waals surface area (Å²) in [7, 11) is 0. The molecule has 0 bridgehead atoms. The van der Waals surface area contributed by atoms with Gasteiger partial charge in [-0.25, -0.2) is 0 Å². The molecule has 2 aromatic carbocycles. The molecule has 4 rings (SSSR count). The predicted molar refractivity (Wildman–Crippen MR) is 108 cm³/mol. The average molecular weight is 494 g/mol. The van der Waals surface area contributed by atoms with E-state index in [4.69, 9.17) is 0 Å². The maximum atomic E-state index is 2.63. The molecule has 0 saturated heterocycles. The average Bonchev–Trinajstić information content (AvgIpc) is 3.20. The summed E-state index contributed by atoms with van der Waals surface area (Å²) in [5.41, 5.74) is 8.04. The summed E-state index contributed by atoms with van der Waals surface area (Å²) < 4.78 is 2.70. The van der Waals surface area contributed by atoms with Gasteiger partial charge in [-0.1, -0.05) is 0 Å². The molecule has 2 aromatic rings. The third kappa shape index (κ3) is 4.15. The Morgan fingerprint density at radius 2 is 1.48 bits per heavy atom. The standard InChI is InChI=1S/C13H9.C8H11.C2H7Si.2ClH.Zr/c1-3-7-12-10(5-1)9-11-6-2-4-8-13(11)12;1-2-5-8-6-3-4-7-8;1-3-2;;;/h1-9H;3,6H,2,4-5H2,1H3;3H,1-2H3;2*1H;/q;;;;;+2/p-2. The summed E-state index contributed by atoms with van der Waals surface area (Å²) in [6, 6.07) is 18.5. The van der Waals surface area contributed by atoms with Crippen LogP contribution in [0.15, 0.2) is 69.5 Å². The molecule has 0 nitrogen and oxygen atoms in total. The fourth-order valence-corrected chi connectivity index (χ4v) is 26.1. The quantitative estimate of drug-likeness (QED) is 0.529. The van der Waals surface area contributed by atoms with Crippen LogP contribution in [0.2, 0.25) is 13.1 Å². The summed E-state index contributed by atoms with van der Waals surface area (Å²) in [5, 5.41) is 0. The van der Waals surface area contributed by atoms with Crippen molar-refractivity contribution in [3.8, 4) is 11.1 Å². The molecular formula is C23H27Cl2SiZr. The Labute approximate surface area is 185 Å². The molecule has 0 aromatic heterocycles. The Bertz CT molecular complexity index is 811. The number of fused-ring (bicyclic) bond motifs is 3. The van der Waals surface area contributed by atoms with Crippen LogP contribution < -0.4 is 24.8 Å². The molecule has 2 aliphatic rings. The van der Waals surface area contributed by atoms with Crippen LogP contribution in [-0.2, 0) is 20.9 Å². The first-order valence-electron chi connectivity index (χ1n) is 9.66. The van der Waals surface area contributed by atoms with Gasteiger partial charge in [0.15, 0.2) is 0 Å². The Balaban J connectivity index is 0.00000131. The van der Waals surface area contributed by atoms with Gasteiger partial charge in [-0.15, -0.1) is 0 Å². The zero-order chi connectivity index (χ0) is 17.4. The molecule has 0 atom stereocenters. The van der Waals surface area contributed by atoms with Crippen molar-refractivity contribution < 1.29 is 45.7 Å². The first-order chi connectivity index (χ1) is 12.2. The van der Waals surface area contributed by atoms with Gasteiger partial charge >= 0.3 is 162 Å². The monoisotopic (exact) mass is 491 g/mol. The van der Waals surface area contributed by atoms with Crippen LogP contribution in [0.25, 0.3) is 11.1 Å². The number of hydrogen-bond acceptors (Lipinski definition) is 0. The molecule has 0 N–H and O–H groups in total. The maximum Gasteiger partial charge on any atom is -1.00 e. The molecular weight excluding hydrogens is 466 g/mol. The van der Waals surface area contributed by atoms with Crippen molar-refractivity contribution in [3.63, 3.8) is 0 Å². The van der Waals surface area contributed by atoms with Crippen LogP contribution >= 0.6 is 0 Å². The van der Waals surface area contributed by atoms with Crippen LogP contribution in [-0.4, -0.2) is 5.92 Å². The van der Waals surface area contributed by atoms with E-state index in [9.17, 15) is 0 Å². The molecule has 4 heteroatoms. The van der Waals surface area contributed by atoms with Crippen molar-refractivity contribution in [2.75, 3.05) is 0 Å². The van der Waals surface area contributed by atoms with E-state index in [1.54, 1.807) is 16.7 Å². The van der Waals surface area contributed by atoms with Gasteiger partial charge in [-0.3, -0.25) is 0 Å². The van der Waals surface area contributed by atoms with Crippen LogP contribution in [0.1, 0.15) is 40.9 Å². The van der Waals surface area contributed by atoms with Crippen molar-refractivity contribution >= 4 is 5.92 Å². The van der Waals surface area contributed by atoms with E-state index in [1.807, 2.05) is 3.28 Å². The van der Waals surface area contributed by atoms with Gasteiger partial charge in [-0.05, 0) is 0 Å². The Hall–Kier alpha value is -0.400. The van der Waals surface area contributed by atoms with E-state index in [2.05, 4.69) is 80.7 Å². The first kappa shape index (κ1) is 22.9. The zero-order valence-electron chi connectivity index (χ0n) is 16.3. The van der Waals surface area contributed by atoms with Gasteiger partial charge in [0.2, 0.25) is 0 Å². The molecule has 0 radical (unpaired) electrons. The summed E-state index contributed by atoms with van der Waals surface area (Å²) in [6.45, 7) is 7.59. The number of benzene rings is 2. The molecule has 0 heterocycles. The van der Waals surface area contributed by atoms with Crippen LogP contribution in [0, 0.1) is 0 Å². The molecule has 0 amide bonds. The van der Waals surface area contributed by atoms with Gasteiger partial charge in [-0.2, -0.15) is 0 Å². The predicted octanol–water partition coefficient (Wildman–Crippen LogP) is 0.380. The van der Waals surface area contributed by atoms with E-state index in [1.165, 1.54) is 30.4 Å². The molecule has 2 aliphatic carbocycles. The van der Waals surface area contributed by atoms with Gasteiger partial charge in [0.05, 0.1) is 0 Å². The summed E-state index contributed by atoms with van der Waals surface area (Å²) in [6.07, 6.45) is 8.73. The van der Waals surface area contributed by atoms with E-state index in [0.29, 0.717) is 0 Å². The number of hydrogen-bond donors (Lipinski definition) is 0. The Kier molecular flexibility index (Phi) is 8.37. The molecule has 0 spiro atoms. The van der Waals surface area contributed by atoms with E-state index >= 15 is 0 Å². The number of rotatable bonds is 5. The van der Waals surface area contributed by atoms with Crippen LogP contribution in [0.5, 0.6) is 0 Å². The maximum absolute atomic E-state index is 2.63.